The van der Waals surface area contributed by atoms with Crippen LogP contribution in [-0.4, -0.2) is 22.4 Å². The molecule has 0 radical (unpaired) electrons. The summed E-state index contributed by atoms with van der Waals surface area (Å²) in [6, 6.07) is 5.20. The van der Waals surface area contributed by atoms with E-state index >= 15 is 0 Å². The molecule has 5 nitrogen and oxygen atoms in total. The van der Waals surface area contributed by atoms with Gasteiger partial charge in [0, 0.05) is 29.5 Å². The Hall–Kier alpha value is -2.01. The first-order chi connectivity index (χ1) is 10.9. The van der Waals surface area contributed by atoms with Gasteiger partial charge in [-0.15, -0.1) is 0 Å². The average molecular weight is 335 g/mol. The third kappa shape index (κ3) is 4.26. The second kappa shape index (κ2) is 7.51. The number of nitrogens with one attached hydrogen (secondary N) is 2. The molecule has 2 aromatic rings. The predicted molar refractivity (Wildman–Crippen MR) is 94.3 cm³/mol. The molecular weight excluding hydrogens is 312 g/mol. The molecule has 0 atom stereocenters. The van der Waals surface area contributed by atoms with E-state index in [0.717, 1.165) is 35.6 Å². The molecule has 0 spiro atoms. The van der Waals surface area contributed by atoms with Gasteiger partial charge < -0.3 is 10.6 Å². The van der Waals surface area contributed by atoms with E-state index in [1.54, 1.807) is 12.1 Å². The first-order valence-electron chi connectivity index (χ1n) is 7.76. The first kappa shape index (κ1) is 17.3. The number of amides is 2. The number of hydrogen-bond acceptors (Lipinski definition) is 2. The summed E-state index contributed by atoms with van der Waals surface area (Å²) in [6.07, 6.45) is 0.764. The van der Waals surface area contributed by atoms with E-state index in [9.17, 15) is 4.79 Å². The third-order valence-corrected chi connectivity index (χ3v) is 4.17. The molecule has 0 aliphatic rings. The van der Waals surface area contributed by atoms with Crippen molar-refractivity contribution in [1.82, 2.24) is 15.1 Å². The van der Waals surface area contributed by atoms with Crippen LogP contribution in [0.2, 0.25) is 5.02 Å². The molecule has 1 aromatic carbocycles. The first-order valence-corrected chi connectivity index (χ1v) is 8.14. The summed E-state index contributed by atoms with van der Waals surface area (Å²) in [6.45, 7) is 9.48. The number of hydrogen-bond donors (Lipinski definition) is 2. The lowest BCUT2D eigenvalue weighted by Gasteiger charge is -2.10. The van der Waals surface area contributed by atoms with Crippen molar-refractivity contribution in [3.8, 4) is 0 Å². The monoisotopic (exact) mass is 334 g/mol. The van der Waals surface area contributed by atoms with Crippen LogP contribution < -0.4 is 10.6 Å². The van der Waals surface area contributed by atoms with Crippen LogP contribution in [0.5, 0.6) is 0 Å². The molecule has 2 amide bonds. The van der Waals surface area contributed by atoms with Crippen LogP contribution in [0.1, 0.15) is 29.4 Å². The number of anilines is 1. The maximum Gasteiger partial charge on any atom is 0.319 e. The van der Waals surface area contributed by atoms with Gasteiger partial charge in [0.1, 0.15) is 0 Å². The van der Waals surface area contributed by atoms with Crippen molar-refractivity contribution >= 4 is 23.3 Å². The zero-order chi connectivity index (χ0) is 17.0. The number of benzene rings is 1. The van der Waals surface area contributed by atoms with Gasteiger partial charge in [-0.3, -0.25) is 4.68 Å². The Morgan fingerprint density at radius 1 is 1.30 bits per heavy atom. The van der Waals surface area contributed by atoms with E-state index in [0.29, 0.717) is 11.6 Å². The van der Waals surface area contributed by atoms with Gasteiger partial charge in [0.05, 0.1) is 5.69 Å². The molecule has 0 saturated carbocycles. The molecule has 23 heavy (non-hydrogen) atoms. The predicted octanol–water partition coefficient (Wildman–Crippen LogP) is 3.85. The second-order valence-corrected chi connectivity index (χ2v) is 5.99. The summed E-state index contributed by atoms with van der Waals surface area (Å²) in [5.41, 5.74) is 5.09. The number of carbonyl (C=O) groups excluding carboxylic acids is 1. The molecule has 1 heterocycles. The van der Waals surface area contributed by atoms with Crippen molar-refractivity contribution in [2.45, 2.75) is 40.7 Å². The van der Waals surface area contributed by atoms with Crippen molar-refractivity contribution < 1.29 is 4.79 Å². The summed E-state index contributed by atoms with van der Waals surface area (Å²) in [5.74, 6) is 0. The zero-order valence-corrected chi connectivity index (χ0v) is 14.8. The SMILES string of the molecule is CCn1nc(C)c(CCNC(=O)Nc2cc(Cl)ccc2C)c1C. The summed E-state index contributed by atoms with van der Waals surface area (Å²) in [5, 5.41) is 10.8. The molecule has 1 aromatic heterocycles. The maximum atomic E-state index is 12.0. The molecule has 6 heteroatoms. The Bertz CT molecular complexity index is 709. The van der Waals surface area contributed by atoms with Gasteiger partial charge in [0.25, 0.3) is 0 Å². The highest BCUT2D eigenvalue weighted by molar-refractivity contribution is 6.31. The van der Waals surface area contributed by atoms with Gasteiger partial charge in [-0.25, -0.2) is 4.79 Å². The number of halogens is 1. The molecule has 0 fully saturated rings. The summed E-state index contributed by atoms with van der Waals surface area (Å²) in [4.78, 5) is 12.0. The van der Waals surface area contributed by atoms with Crippen LogP contribution >= 0.6 is 11.6 Å². The molecule has 0 unspecified atom stereocenters. The lowest BCUT2D eigenvalue weighted by molar-refractivity contribution is 0.252. The number of aromatic nitrogens is 2. The van der Waals surface area contributed by atoms with E-state index in [1.165, 1.54) is 5.56 Å². The summed E-state index contributed by atoms with van der Waals surface area (Å²) in [7, 11) is 0. The van der Waals surface area contributed by atoms with E-state index in [4.69, 9.17) is 11.6 Å². The molecule has 0 saturated heterocycles. The van der Waals surface area contributed by atoms with Crippen LogP contribution in [0.4, 0.5) is 10.5 Å². The van der Waals surface area contributed by atoms with Crippen molar-refractivity contribution in [3.05, 3.63) is 45.7 Å². The molecule has 0 aliphatic carbocycles. The molecule has 2 rings (SSSR count). The highest BCUT2D eigenvalue weighted by atomic mass is 35.5. The minimum Gasteiger partial charge on any atom is -0.338 e. The fraction of sp³-hybridized carbons (Fsp3) is 0.412. The zero-order valence-electron chi connectivity index (χ0n) is 14.0. The highest BCUT2D eigenvalue weighted by Gasteiger charge is 2.11. The Balaban J connectivity index is 1.90. The molecule has 0 bridgehead atoms. The standard InChI is InChI=1S/C17H23ClN4O/c1-5-22-13(4)15(12(3)21-22)8-9-19-17(23)20-16-10-14(18)7-6-11(16)2/h6-7,10H,5,8-9H2,1-4H3,(H2,19,20,23). The minimum atomic E-state index is -0.228. The van der Waals surface area contributed by atoms with Crippen LogP contribution in [0.15, 0.2) is 18.2 Å². The fourth-order valence-electron chi connectivity index (χ4n) is 2.60. The third-order valence-electron chi connectivity index (χ3n) is 3.94. The van der Waals surface area contributed by atoms with E-state index in [2.05, 4.69) is 29.6 Å². The highest BCUT2D eigenvalue weighted by Crippen LogP contribution is 2.20. The quantitative estimate of drug-likeness (QED) is 0.872. The number of aryl methyl sites for hydroxylation is 3. The van der Waals surface area contributed by atoms with Crippen molar-refractivity contribution in [2.24, 2.45) is 0 Å². The van der Waals surface area contributed by atoms with Crippen LogP contribution in [0.3, 0.4) is 0 Å². The number of rotatable bonds is 5. The van der Waals surface area contributed by atoms with Crippen LogP contribution in [0, 0.1) is 20.8 Å². The summed E-state index contributed by atoms with van der Waals surface area (Å²) < 4.78 is 1.99. The molecule has 124 valence electrons. The van der Waals surface area contributed by atoms with E-state index in [-0.39, 0.29) is 6.03 Å². The van der Waals surface area contributed by atoms with Gasteiger partial charge in [-0.05, 0) is 57.4 Å². The van der Waals surface area contributed by atoms with Gasteiger partial charge in [0.2, 0.25) is 0 Å². The average Bonchev–Trinajstić information content (AvgIpc) is 2.78. The topological polar surface area (TPSA) is 59.0 Å². The minimum absolute atomic E-state index is 0.228. The Morgan fingerprint density at radius 2 is 2.04 bits per heavy atom. The Kier molecular flexibility index (Phi) is 5.66. The van der Waals surface area contributed by atoms with Gasteiger partial charge in [0.15, 0.2) is 0 Å². The normalized spacial score (nSPS) is 10.7. The van der Waals surface area contributed by atoms with Gasteiger partial charge >= 0.3 is 6.03 Å². The summed E-state index contributed by atoms with van der Waals surface area (Å²) >= 11 is 5.95. The Morgan fingerprint density at radius 3 is 2.70 bits per heavy atom. The second-order valence-electron chi connectivity index (χ2n) is 5.56. The molecular formula is C17H23ClN4O. The fourth-order valence-corrected chi connectivity index (χ4v) is 2.77. The van der Waals surface area contributed by atoms with Crippen molar-refractivity contribution in [3.63, 3.8) is 0 Å². The van der Waals surface area contributed by atoms with Crippen molar-refractivity contribution in [1.29, 1.82) is 0 Å². The van der Waals surface area contributed by atoms with Gasteiger partial charge in [-0.2, -0.15) is 5.10 Å². The van der Waals surface area contributed by atoms with E-state index < -0.39 is 0 Å². The smallest absolute Gasteiger partial charge is 0.319 e. The van der Waals surface area contributed by atoms with E-state index in [1.807, 2.05) is 24.6 Å². The molecule has 0 aliphatic heterocycles. The maximum absolute atomic E-state index is 12.0. The van der Waals surface area contributed by atoms with Crippen LogP contribution in [0.25, 0.3) is 0 Å². The van der Waals surface area contributed by atoms with Crippen LogP contribution in [-0.2, 0) is 13.0 Å². The molecule has 2 N–H and O–H groups in total. The Labute approximate surface area is 142 Å². The van der Waals surface area contributed by atoms with Gasteiger partial charge in [-0.1, -0.05) is 17.7 Å². The lowest BCUT2D eigenvalue weighted by Crippen LogP contribution is -2.30. The lowest BCUT2D eigenvalue weighted by atomic mass is 10.1. The number of urea groups is 1. The van der Waals surface area contributed by atoms with Crippen molar-refractivity contribution in [2.75, 3.05) is 11.9 Å². The largest absolute Gasteiger partial charge is 0.338 e. The number of carbonyl (C=O) groups is 1. The number of nitrogens with zero attached hydrogens (tertiary/aromatic N) is 2.